The lowest BCUT2D eigenvalue weighted by Crippen LogP contribution is -2.40. The Labute approximate surface area is 173 Å². The van der Waals surface area contributed by atoms with Gasteiger partial charge in [0, 0.05) is 30.9 Å². The maximum absolute atomic E-state index is 12.5. The van der Waals surface area contributed by atoms with Gasteiger partial charge in [-0.2, -0.15) is 0 Å². The summed E-state index contributed by atoms with van der Waals surface area (Å²) in [6.07, 6.45) is 6.16. The SMILES string of the molecule is COc1ccc(NC(=O)CN2CCC(Cn3ccnc3C(C)C)CC2)c(OC)c1. The van der Waals surface area contributed by atoms with E-state index in [1.165, 1.54) is 0 Å². The van der Waals surface area contributed by atoms with Crippen molar-refractivity contribution >= 4 is 11.6 Å². The molecular formula is C22H32N4O3. The van der Waals surface area contributed by atoms with Crippen molar-refractivity contribution in [3.05, 3.63) is 36.4 Å². The quantitative estimate of drug-likeness (QED) is 0.736. The van der Waals surface area contributed by atoms with Gasteiger partial charge in [-0.1, -0.05) is 13.8 Å². The largest absolute Gasteiger partial charge is 0.497 e. The van der Waals surface area contributed by atoms with E-state index in [1.807, 2.05) is 12.3 Å². The van der Waals surface area contributed by atoms with Crippen molar-refractivity contribution in [1.29, 1.82) is 0 Å². The van der Waals surface area contributed by atoms with E-state index >= 15 is 0 Å². The Hall–Kier alpha value is -2.54. The van der Waals surface area contributed by atoms with Gasteiger partial charge in [-0.3, -0.25) is 9.69 Å². The smallest absolute Gasteiger partial charge is 0.238 e. The van der Waals surface area contributed by atoms with Gasteiger partial charge in [-0.15, -0.1) is 0 Å². The fourth-order valence-electron chi connectivity index (χ4n) is 3.88. The number of piperidine rings is 1. The van der Waals surface area contributed by atoms with Crippen LogP contribution in [0.3, 0.4) is 0 Å². The van der Waals surface area contributed by atoms with Gasteiger partial charge < -0.3 is 19.4 Å². The van der Waals surface area contributed by atoms with Crippen LogP contribution in [0, 0.1) is 5.92 Å². The molecular weight excluding hydrogens is 368 g/mol. The number of hydrogen-bond acceptors (Lipinski definition) is 5. The summed E-state index contributed by atoms with van der Waals surface area (Å²) in [5.41, 5.74) is 0.662. The molecule has 1 aliphatic heterocycles. The summed E-state index contributed by atoms with van der Waals surface area (Å²) < 4.78 is 12.8. The average molecular weight is 401 g/mol. The van der Waals surface area contributed by atoms with Crippen LogP contribution in [0.25, 0.3) is 0 Å². The number of nitrogens with one attached hydrogen (secondary N) is 1. The summed E-state index contributed by atoms with van der Waals surface area (Å²) >= 11 is 0. The Kier molecular flexibility index (Phi) is 7.14. The van der Waals surface area contributed by atoms with Crippen LogP contribution in [0.4, 0.5) is 5.69 Å². The Balaban J connectivity index is 1.48. The summed E-state index contributed by atoms with van der Waals surface area (Å²) in [4.78, 5) is 19.2. The minimum Gasteiger partial charge on any atom is -0.497 e. The van der Waals surface area contributed by atoms with Gasteiger partial charge in [0.2, 0.25) is 5.91 Å². The number of ether oxygens (including phenoxy) is 2. The molecule has 158 valence electrons. The zero-order valence-electron chi connectivity index (χ0n) is 17.9. The monoisotopic (exact) mass is 400 g/mol. The first-order chi connectivity index (χ1) is 14.0. The molecule has 1 aromatic heterocycles. The molecule has 0 bridgehead atoms. The molecule has 0 atom stereocenters. The predicted octanol–water partition coefficient (Wildman–Crippen LogP) is 3.37. The Morgan fingerprint density at radius 1 is 1.24 bits per heavy atom. The highest BCUT2D eigenvalue weighted by Gasteiger charge is 2.22. The lowest BCUT2D eigenvalue weighted by atomic mass is 9.96. The van der Waals surface area contributed by atoms with E-state index in [2.05, 4.69) is 39.8 Å². The predicted molar refractivity (Wildman–Crippen MR) is 114 cm³/mol. The van der Waals surface area contributed by atoms with E-state index in [9.17, 15) is 4.79 Å². The Morgan fingerprint density at radius 3 is 2.66 bits per heavy atom. The lowest BCUT2D eigenvalue weighted by molar-refractivity contribution is -0.117. The number of carbonyl (C=O) groups excluding carboxylic acids is 1. The number of likely N-dealkylation sites (tertiary alicyclic amines) is 1. The molecule has 2 aromatic rings. The first-order valence-electron chi connectivity index (χ1n) is 10.3. The molecule has 0 unspecified atom stereocenters. The molecule has 2 heterocycles. The van der Waals surface area contributed by atoms with E-state index in [4.69, 9.17) is 9.47 Å². The molecule has 1 fully saturated rings. The molecule has 0 spiro atoms. The maximum atomic E-state index is 12.5. The summed E-state index contributed by atoms with van der Waals surface area (Å²) in [5.74, 6) is 3.48. The molecule has 7 heteroatoms. The molecule has 3 rings (SSSR count). The normalized spacial score (nSPS) is 15.5. The van der Waals surface area contributed by atoms with Gasteiger partial charge in [0.05, 0.1) is 26.5 Å². The summed E-state index contributed by atoms with van der Waals surface area (Å²) in [6, 6.07) is 5.38. The second-order valence-electron chi connectivity index (χ2n) is 7.93. The van der Waals surface area contributed by atoms with Crippen molar-refractivity contribution in [1.82, 2.24) is 14.5 Å². The molecule has 7 nitrogen and oxygen atoms in total. The molecule has 29 heavy (non-hydrogen) atoms. The van der Waals surface area contributed by atoms with Gasteiger partial charge in [0.1, 0.15) is 17.3 Å². The van der Waals surface area contributed by atoms with Crippen molar-refractivity contribution in [2.24, 2.45) is 5.92 Å². The fourth-order valence-corrected chi connectivity index (χ4v) is 3.88. The molecule has 1 aliphatic rings. The maximum Gasteiger partial charge on any atom is 0.238 e. The first-order valence-corrected chi connectivity index (χ1v) is 10.3. The van der Waals surface area contributed by atoms with Gasteiger partial charge in [-0.25, -0.2) is 4.98 Å². The van der Waals surface area contributed by atoms with Crippen LogP contribution in [-0.2, 0) is 11.3 Å². The molecule has 1 saturated heterocycles. The van der Waals surface area contributed by atoms with Crippen molar-refractivity contribution in [3.8, 4) is 11.5 Å². The van der Waals surface area contributed by atoms with Crippen LogP contribution < -0.4 is 14.8 Å². The number of methoxy groups -OCH3 is 2. The van der Waals surface area contributed by atoms with E-state index < -0.39 is 0 Å². The van der Waals surface area contributed by atoms with Crippen molar-refractivity contribution < 1.29 is 14.3 Å². The number of rotatable bonds is 8. The Morgan fingerprint density at radius 2 is 2.00 bits per heavy atom. The second kappa shape index (κ2) is 9.78. The first kappa shape index (κ1) is 21.2. The highest BCUT2D eigenvalue weighted by atomic mass is 16.5. The molecule has 1 N–H and O–H groups in total. The number of nitrogens with zero attached hydrogens (tertiary/aromatic N) is 3. The highest BCUT2D eigenvalue weighted by Crippen LogP contribution is 2.29. The zero-order chi connectivity index (χ0) is 20.8. The minimum atomic E-state index is -0.0244. The molecule has 1 aromatic carbocycles. The summed E-state index contributed by atoms with van der Waals surface area (Å²) in [5, 5.41) is 2.95. The van der Waals surface area contributed by atoms with Gasteiger partial charge in [0.25, 0.3) is 0 Å². The van der Waals surface area contributed by atoms with Crippen LogP contribution >= 0.6 is 0 Å². The van der Waals surface area contributed by atoms with Crippen LogP contribution in [0.15, 0.2) is 30.6 Å². The summed E-state index contributed by atoms with van der Waals surface area (Å²) in [7, 11) is 3.19. The lowest BCUT2D eigenvalue weighted by Gasteiger charge is -2.32. The minimum absolute atomic E-state index is 0.0244. The number of benzene rings is 1. The average Bonchev–Trinajstić information content (AvgIpc) is 3.18. The van der Waals surface area contributed by atoms with E-state index in [0.29, 0.717) is 35.6 Å². The van der Waals surface area contributed by atoms with Crippen LogP contribution in [0.1, 0.15) is 38.4 Å². The van der Waals surface area contributed by atoms with Crippen molar-refractivity contribution in [3.63, 3.8) is 0 Å². The third kappa shape index (κ3) is 5.50. The number of aromatic nitrogens is 2. The van der Waals surface area contributed by atoms with E-state index in [-0.39, 0.29) is 5.91 Å². The zero-order valence-corrected chi connectivity index (χ0v) is 17.9. The topological polar surface area (TPSA) is 68.6 Å². The summed E-state index contributed by atoms with van der Waals surface area (Å²) in [6.45, 7) is 7.63. The number of carbonyl (C=O) groups is 1. The van der Waals surface area contributed by atoms with Crippen molar-refractivity contribution in [2.75, 3.05) is 39.2 Å². The number of anilines is 1. The van der Waals surface area contributed by atoms with Crippen LogP contribution in [0.5, 0.6) is 11.5 Å². The van der Waals surface area contributed by atoms with E-state index in [1.54, 1.807) is 26.4 Å². The van der Waals surface area contributed by atoms with Crippen molar-refractivity contribution in [2.45, 2.75) is 39.2 Å². The standard InChI is InChI=1S/C22H32N4O3/c1-16(2)22-23-9-12-26(22)14-17-7-10-25(11-8-17)15-21(27)24-19-6-5-18(28-3)13-20(19)29-4/h5-6,9,12-13,16-17H,7-8,10-11,14-15H2,1-4H3,(H,24,27). The fraction of sp³-hybridized carbons (Fsp3) is 0.545. The highest BCUT2D eigenvalue weighted by molar-refractivity contribution is 5.93. The van der Waals surface area contributed by atoms with Crippen LogP contribution in [-0.4, -0.2) is 54.2 Å². The molecule has 0 aliphatic carbocycles. The molecule has 0 radical (unpaired) electrons. The number of imidazole rings is 1. The number of amides is 1. The molecule has 1 amide bonds. The van der Waals surface area contributed by atoms with Gasteiger partial charge in [0.15, 0.2) is 0 Å². The van der Waals surface area contributed by atoms with Crippen LogP contribution in [0.2, 0.25) is 0 Å². The van der Waals surface area contributed by atoms with Gasteiger partial charge in [-0.05, 0) is 44.0 Å². The van der Waals surface area contributed by atoms with E-state index in [0.717, 1.165) is 38.3 Å². The number of hydrogen-bond donors (Lipinski definition) is 1. The Bertz CT molecular complexity index is 810. The van der Waals surface area contributed by atoms with Gasteiger partial charge >= 0.3 is 0 Å². The second-order valence-corrected chi connectivity index (χ2v) is 7.93. The molecule has 0 saturated carbocycles. The third-order valence-corrected chi connectivity index (χ3v) is 5.48. The third-order valence-electron chi connectivity index (χ3n) is 5.48.